The number of hydrogen-bond donors (Lipinski definition) is 2. The van der Waals surface area contributed by atoms with Gasteiger partial charge in [-0.25, -0.2) is 0 Å². The van der Waals surface area contributed by atoms with E-state index >= 15 is 0 Å². The highest BCUT2D eigenvalue weighted by Crippen LogP contribution is 2.56. The van der Waals surface area contributed by atoms with E-state index in [4.69, 9.17) is 11.6 Å². The Morgan fingerprint density at radius 3 is 2.05 bits per heavy atom. The minimum Gasteiger partial charge on any atom is -0.386 e. The van der Waals surface area contributed by atoms with E-state index in [9.17, 15) is 10.2 Å². The first-order valence-electron chi connectivity index (χ1n) is 5.70. The number of pyridine rings is 1. The Hall–Kier alpha value is -1.13. The van der Waals surface area contributed by atoms with Gasteiger partial charge in [0.05, 0.1) is 0 Å². The summed E-state index contributed by atoms with van der Waals surface area (Å²) in [6.45, 7) is 0. The van der Waals surface area contributed by atoms with Crippen molar-refractivity contribution in [2.45, 2.75) is 17.1 Å². The van der Waals surface area contributed by atoms with E-state index in [1.807, 2.05) is 12.1 Å². The zero-order chi connectivity index (χ0) is 12.8. The second-order valence-corrected chi connectivity index (χ2v) is 5.07. The van der Waals surface area contributed by atoms with Crippen LogP contribution in [0, 0.1) is 0 Å². The third-order valence-corrected chi connectivity index (χ3v) is 4.12. The Kier molecular flexibility index (Phi) is 3.83. The predicted molar refractivity (Wildman–Crippen MR) is 75.4 cm³/mol. The molecular weight excluding hydrogens is 285 g/mol. The molecule has 0 aliphatic heterocycles. The molecule has 0 amide bonds. The fourth-order valence-corrected chi connectivity index (χ4v) is 2.86. The molecule has 2 aromatic rings. The maximum atomic E-state index is 10.4. The van der Waals surface area contributed by atoms with Gasteiger partial charge in [0.1, 0.15) is 17.1 Å². The third kappa shape index (κ3) is 1.94. The molecule has 3 nitrogen and oxygen atoms in total. The molecule has 1 heterocycles. The molecule has 1 aliphatic carbocycles. The third-order valence-electron chi connectivity index (χ3n) is 3.49. The van der Waals surface area contributed by atoms with E-state index in [1.165, 1.54) is 0 Å². The van der Waals surface area contributed by atoms with E-state index in [-0.39, 0.29) is 12.4 Å². The van der Waals surface area contributed by atoms with Crippen LogP contribution in [0.15, 0.2) is 48.8 Å². The number of aliphatic hydroxyl groups excluding tert-OH is 2. The van der Waals surface area contributed by atoms with E-state index in [1.54, 1.807) is 36.7 Å². The molecule has 3 rings (SSSR count). The van der Waals surface area contributed by atoms with Crippen molar-refractivity contribution in [3.8, 4) is 0 Å². The van der Waals surface area contributed by atoms with E-state index in [2.05, 4.69) is 4.98 Å². The van der Waals surface area contributed by atoms with Crippen LogP contribution in [-0.2, 0) is 4.87 Å². The molecule has 100 valence electrons. The monoisotopic (exact) mass is 297 g/mol. The maximum Gasteiger partial charge on any atom is 0.131 e. The lowest BCUT2D eigenvalue weighted by Gasteiger charge is -2.29. The summed E-state index contributed by atoms with van der Waals surface area (Å²) in [6, 6.07) is 10.7. The standard InChI is InChI=1S/C14H12ClNO2.ClH/c15-14(9-4-3-7-16-8-9)12(17)10-5-1-2-6-11(10)13(14)18;/h1-8,12-13,17-18H;1H. The van der Waals surface area contributed by atoms with Gasteiger partial charge in [-0.1, -0.05) is 30.3 Å². The Morgan fingerprint density at radius 1 is 1.00 bits per heavy atom. The largest absolute Gasteiger partial charge is 0.386 e. The van der Waals surface area contributed by atoms with Gasteiger partial charge in [-0.05, 0) is 22.8 Å². The van der Waals surface area contributed by atoms with Crippen LogP contribution < -0.4 is 0 Å². The molecule has 2 unspecified atom stereocenters. The Morgan fingerprint density at radius 2 is 1.58 bits per heavy atom. The number of halogens is 2. The number of benzene rings is 1. The van der Waals surface area contributed by atoms with Crippen LogP contribution in [-0.4, -0.2) is 15.2 Å². The molecule has 0 bridgehead atoms. The van der Waals surface area contributed by atoms with Crippen LogP contribution in [0.1, 0.15) is 28.9 Å². The van der Waals surface area contributed by atoms with Crippen molar-refractivity contribution in [2.75, 3.05) is 0 Å². The molecule has 1 aliphatic rings. The fraction of sp³-hybridized carbons (Fsp3) is 0.214. The lowest BCUT2D eigenvalue weighted by Crippen LogP contribution is -2.28. The first-order valence-corrected chi connectivity index (χ1v) is 6.08. The molecule has 0 spiro atoms. The molecule has 1 aromatic heterocycles. The summed E-state index contributed by atoms with van der Waals surface area (Å²) < 4.78 is 0. The van der Waals surface area contributed by atoms with E-state index in [0.29, 0.717) is 16.7 Å². The van der Waals surface area contributed by atoms with Gasteiger partial charge in [0.2, 0.25) is 0 Å². The van der Waals surface area contributed by atoms with Gasteiger partial charge in [0, 0.05) is 12.4 Å². The van der Waals surface area contributed by atoms with Gasteiger partial charge >= 0.3 is 0 Å². The molecule has 5 heteroatoms. The number of aromatic nitrogens is 1. The van der Waals surface area contributed by atoms with Gasteiger partial charge < -0.3 is 10.2 Å². The quantitative estimate of drug-likeness (QED) is 0.796. The van der Waals surface area contributed by atoms with Crippen molar-refractivity contribution in [2.24, 2.45) is 0 Å². The molecule has 0 saturated carbocycles. The van der Waals surface area contributed by atoms with E-state index in [0.717, 1.165) is 0 Å². The van der Waals surface area contributed by atoms with Crippen LogP contribution in [0.25, 0.3) is 0 Å². The summed E-state index contributed by atoms with van der Waals surface area (Å²) in [7, 11) is 0. The first-order chi connectivity index (χ1) is 8.65. The first kappa shape index (κ1) is 14.3. The zero-order valence-electron chi connectivity index (χ0n) is 9.90. The molecular formula is C14H13Cl2NO2. The van der Waals surface area contributed by atoms with Crippen LogP contribution >= 0.6 is 24.0 Å². The number of rotatable bonds is 1. The number of fused-ring (bicyclic) bond motifs is 1. The molecule has 0 saturated heterocycles. The average Bonchev–Trinajstić information content (AvgIpc) is 2.64. The molecule has 2 N–H and O–H groups in total. The highest BCUT2D eigenvalue weighted by atomic mass is 35.5. The lowest BCUT2D eigenvalue weighted by molar-refractivity contribution is 0.0524. The molecule has 19 heavy (non-hydrogen) atoms. The van der Waals surface area contributed by atoms with Gasteiger partial charge in [-0.2, -0.15) is 0 Å². The summed E-state index contributed by atoms with van der Waals surface area (Å²) in [5.74, 6) is 0. The number of aliphatic hydroxyl groups is 2. The van der Waals surface area contributed by atoms with Crippen molar-refractivity contribution in [1.29, 1.82) is 0 Å². The molecule has 0 radical (unpaired) electrons. The second-order valence-electron chi connectivity index (χ2n) is 4.44. The second kappa shape index (κ2) is 5.10. The maximum absolute atomic E-state index is 10.4. The smallest absolute Gasteiger partial charge is 0.131 e. The fourth-order valence-electron chi connectivity index (χ4n) is 2.52. The van der Waals surface area contributed by atoms with Gasteiger partial charge in [0.25, 0.3) is 0 Å². The highest BCUT2D eigenvalue weighted by molar-refractivity contribution is 6.25. The van der Waals surface area contributed by atoms with Crippen LogP contribution in [0.2, 0.25) is 0 Å². The zero-order valence-corrected chi connectivity index (χ0v) is 11.5. The summed E-state index contributed by atoms with van der Waals surface area (Å²) in [4.78, 5) is 2.73. The van der Waals surface area contributed by atoms with E-state index < -0.39 is 17.1 Å². The van der Waals surface area contributed by atoms with Gasteiger partial charge in [-0.15, -0.1) is 24.0 Å². The number of hydrogen-bond acceptors (Lipinski definition) is 3. The van der Waals surface area contributed by atoms with Crippen molar-refractivity contribution in [3.63, 3.8) is 0 Å². The average molecular weight is 298 g/mol. The van der Waals surface area contributed by atoms with Gasteiger partial charge in [-0.3, -0.25) is 4.98 Å². The highest BCUT2D eigenvalue weighted by Gasteiger charge is 2.52. The van der Waals surface area contributed by atoms with Crippen molar-refractivity contribution in [1.82, 2.24) is 4.98 Å². The van der Waals surface area contributed by atoms with Crippen molar-refractivity contribution < 1.29 is 10.2 Å². The molecule has 1 aromatic carbocycles. The summed E-state index contributed by atoms with van der Waals surface area (Å²) in [5.41, 5.74) is 1.95. The number of nitrogens with zero attached hydrogens (tertiary/aromatic N) is 1. The summed E-state index contributed by atoms with van der Waals surface area (Å²) >= 11 is 6.52. The minimum absolute atomic E-state index is 0. The SMILES string of the molecule is Cl.OC1c2ccccc2C(O)C1(Cl)c1cccnc1. The van der Waals surface area contributed by atoms with Crippen LogP contribution in [0.4, 0.5) is 0 Å². The summed E-state index contributed by atoms with van der Waals surface area (Å²) in [6.07, 6.45) is 1.31. The minimum atomic E-state index is -1.27. The molecule has 2 atom stereocenters. The Bertz CT molecular complexity index is 548. The Labute approximate surface area is 122 Å². The lowest BCUT2D eigenvalue weighted by atomic mass is 9.92. The predicted octanol–water partition coefficient (Wildman–Crippen LogP) is 2.72. The topological polar surface area (TPSA) is 53.4 Å². The van der Waals surface area contributed by atoms with Crippen molar-refractivity contribution >= 4 is 24.0 Å². The number of alkyl halides is 1. The molecule has 0 fully saturated rings. The normalized spacial score (nSPS) is 28.6. The van der Waals surface area contributed by atoms with Crippen molar-refractivity contribution in [3.05, 3.63) is 65.5 Å². The Balaban J connectivity index is 0.00000133. The van der Waals surface area contributed by atoms with Crippen LogP contribution in [0.5, 0.6) is 0 Å². The summed E-state index contributed by atoms with van der Waals surface area (Å²) in [5, 5.41) is 20.8. The van der Waals surface area contributed by atoms with Crippen LogP contribution in [0.3, 0.4) is 0 Å². The van der Waals surface area contributed by atoms with Gasteiger partial charge in [0.15, 0.2) is 0 Å².